The second-order valence-electron chi connectivity index (χ2n) is 17.8. The molecule has 1 N–H and O–H groups in total. The van der Waals surface area contributed by atoms with Crippen LogP contribution in [0.2, 0.25) is 0 Å². The molecule has 12 unspecified atom stereocenters. The van der Waals surface area contributed by atoms with Crippen LogP contribution in [0, 0.1) is 70.0 Å². The van der Waals surface area contributed by atoms with Gasteiger partial charge < -0.3 is 14.6 Å². The zero-order valence-electron chi connectivity index (χ0n) is 30.9. The fourth-order valence-corrected chi connectivity index (χ4v) is 11.6. The highest BCUT2D eigenvalue weighted by atomic mass is 16.6. The normalized spacial score (nSPS) is 38.1. The maximum atomic E-state index is 13.8. The molecule has 0 radical (unpaired) electrons. The van der Waals surface area contributed by atoms with Crippen molar-refractivity contribution in [1.82, 2.24) is 0 Å². The average molecular weight is 645 g/mol. The van der Waals surface area contributed by atoms with E-state index in [-0.39, 0.29) is 30.2 Å². The van der Waals surface area contributed by atoms with Crippen molar-refractivity contribution in [2.45, 2.75) is 157 Å². The minimum Gasteiger partial charge on any atom is -0.481 e. The summed E-state index contributed by atoms with van der Waals surface area (Å²) in [5.74, 6) is 2.05. The van der Waals surface area contributed by atoms with Crippen LogP contribution < -0.4 is 0 Å². The van der Waals surface area contributed by atoms with Gasteiger partial charge in [-0.2, -0.15) is 0 Å². The van der Waals surface area contributed by atoms with Crippen LogP contribution in [0.3, 0.4) is 0 Å². The molecule has 4 rings (SSSR count). The Balaban J connectivity index is 1.43. The molecule has 4 aliphatic rings. The topological polar surface area (TPSA) is 89.9 Å². The van der Waals surface area contributed by atoms with Crippen LogP contribution in [-0.4, -0.2) is 35.7 Å². The highest BCUT2D eigenvalue weighted by molar-refractivity contribution is 5.77. The summed E-state index contributed by atoms with van der Waals surface area (Å²) in [7, 11) is 1.36. The van der Waals surface area contributed by atoms with Crippen molar-refractivity contribution in [3.05, 3.63) is 0 Å². The first-order valence-corrected chi connectivity index (χ1v) is 19.1. The lowest BCUT2D eigenvalue weighted by molar-refractivity contribution is -0.186. The number of hydrogen-bond donors (Lipinski definition) is 1. The van der Waals surface area contributed by atoms with Crippen molar-refractivity contribution in [2.75, 3.05) is 7.11 Å². The largest absolute Gasteiger partial charge is 0.481 e. The van der Waals surface area contributed by atoms with Crippen molar-refractivity contribution >= 4 is 17.9 Å². The summed E-state index contributed by atoms with van der Waals surface area (Å²) in [6.45, 7) is 18.1. The molecule has 6 nitrogen and oxygen atoms in total. The monoisotopic (exact) mass is 645 g/mol. The third-order valence-electron chi connectivity index (χ3n) is 14.5. The van der Waals surface area contributed by atoms with Crippen LogP contribution in [0.1, 0.15) is 152 Å². The summed E-state index contributed by atoms with van der Waals surface area (Å²) in [5, 5.41) is 9.61. The molecule has 0 bridgehead atoms. The van der Waals surface area contributed by atoms with Gasteiger partial charge in [0.2, 0.25) is 0 Å². The molecule has 0 heterocycles. The van der Waals surface area contributed by atoms with Gasteiger partial charge in [0.05, 0.1) is 24.9 Å². The first-order valence-electron chi connectivity index (χ1n) is 19.1. The second-order valence-corrected chi connectivity index (χ2v) is 17.8. The summed E-state index contributed by atoms with van der Waals surface area (Å²) in [4.78, 5) is 37.9. The van der Waals surface area contributed by atoms with Crippen LogP contribution in [0.4, 0.5) is 0 Å². The van der Waals surface area contributed by atoms with Gasteiger partial charge in [-0.15, -0.1) is 0 Å². The summed E-state index contributed by atoms with van der Waals surface area (Å²) in [5.41, 5.74) is 0.217. The van der Waals surface area contributed by atoms with E-state index in [1.54, 1.807) is 6.92 Å². The molecule has 264 valence electrons. The van der Waals surface area contributed by atoms with E-state index in [0.29, 0.717) is 17.8 Å². The zero-order valence-corrected chi connectivity index (χ0v) is 30.9. The van der Waals surface area contributed by atoms with E-state index in [9.17, 15) is 19.5 Å². The molecule has 0 amide bonds. The molecule has 46 heavy (non-hydrogen) atoms. The predicted molar refractivity (Wildman–Crippen MR) is 183 cm³/mol. The minimum absolute atomic E-state index is 0.167. The van der Waals surface area contributed by atoms with Gasteiger partial charge in [0.15, 0.2) is 0 Å². The summed E-state index contributed by atoms with van der Waals surface area (Å²) < 4.78 is 11.4. The Kier molecular flexibility index (Phi) is 12.1. The molecule has 0 spiro atoms. The van der Waals surface area contributed by atoms with Gasteiger partial charge in [0, 0.05) is 0 Å². The molecule has 4 fully saturated rings. The number of fused-ring (bicyclic) bond motifs is 5. The maximum absolute atomic E-state index is 13.8. The van der Waals surface area contributed by atoms with Gasteiger partial charge in [0.1, 0.15) is 5.60 Å². The Morgan fingerprint density at radius 3 is 2.13 bits per heavy atom. The van der Waals surface area contributed by atoms with E-state index < -0.39 is 29.3 Å². The molecule has 4 aliphatic carbocycles. The standard InChI is InChI=1S/C40H68O6/c1-10-28(36(43)45-9)23-29(22-27(5)35(41)42)37(44)46-38(6)20-21-39(7)30(24-38)14-15-31-33-17-16-32(26(4)13-11-12-25(2)3)40(33,8)19-18-34(31)39/h25-34H,10-24H2,1-9H3,(H,41,42). The van der Waals surface area contributed by atoms with Gasteiger partial charge in [-0.3, -0.25) is 14.4 Å². The Bertz CT molecular complexity index is 1070. The molecule has 12 atom stereocenters. The van der Waals surface area contributed by atoms with Gasteiger partial charge in [-0.05, 0) is 136 Å². The highest BCUT2D eigenvalue weighted by Crippen LogP contribution is 2.69. The lowest BCUT2D eigenvalue weighted by Gasteiger charge is -2.62. The van der Waals surface area contributed by atoms with E-state index in [1.165, 1.54) is 64.9 Å². The number of esters is 2. The summed E-state index contributed by atoms with van der Waals surface area (Å²) in [6, 6.07) is 0. The first kappa shape index (κ1) is 37.2. The van der Waals surface area contributed by atoms with E-state index >= 15 is 0 Å². The SMILES string of the molecule is CCC(CC(CC(C)C(=O)O)C(=O)OC1(C)CCC2(C)C(CCC3C2CCC2(C)C(C(C)CCCC(C)C)CCC32)C1)C(=O)OC. The van der Waals surface area contributed by atoms with Gasteiger partial charge in [0.25, 0.3) is 0 Å². The zero-order chi connectivity index (χ0) is 34.0. The summed E-state index contributed by atoms with van der Waals surface area (Å²) >= 11 is 0. The third-order valence-corrected chi connectivity index (χ3v) is 14.5. The fraction of sp³-hybridized carbons (Fsp3) is 0.925. The molecule has 0 aliphatic heterocycles. The van der Waals surface area contributed by atoms with Gasteiger partial charge in [-0.1, -0.05) is 67.7 Å². The summed E-state index contributed by atoms with van der Waals surface area (Å²) in [6.07, 6.45) is 15.9. The molecule has 0 aromatic rings. The maximum Gasteiger partial charge on any atom is 0.309 e. The second kappa shape index (κ2) is 14.9. The average Bonchev–Trinajstić information content (AvgIpc) is 3.36. The molecular weight excluding hydrogens is 576 g/mol. The number of carbonyl (C=O) groups is 3. The van der Waals surface area contributed by atoms with Crippen LogP contribution >= 0.6 is 0 Å². The smallest absolute Gasteiger partial charge is 0.309 e. The van der Waals surface area contributed by atoms with E-state index in [0.717, 1.165) is 54.8 Å². The number of rotatable bonds is 14. The fourth-order valence-electron chi connectivity index (χ4n) is 11.6. The number of carbonyl (C=O) groups excluding carboxylic acids is 2. The Hall–Kier alpha value is -1.59. The number of carboxylic acid groups (broad SMARTS) is 1. The number of aliphatic carboxylic acids is 1. The molecule has 6 heteroatoms. The van der Waals surface area contributed by atoms with Crippen molar-refractivity contribution in [1.29, 1.82) is 0 Å². The Morgan fingerprint density at radius 1 is 0.804 bits per heavy atom. The quantitative estimate of drug-likeness (QED) is 0.189. The Morgan fingerprint density at radius 2 is 1.50 bits per heavy atom. The highest BCUT2D eigenvalue weighted by Gasteiger charge is 2.61. The molecule has 4 saturated carbocycles. The van der Waals surface area contributed by atoms with Gasteiger partial charge in [-0.25, -0.2) is 0 Å². The molecule has 0 aromatic carbocycles. The van der Waals surface area contributed by atoms with Crippen LogP contribution in [-0.2, 0) is 23.9 Å². The number of carboxylic acids is 1. The number of methoxy groups -OCH3 is 1. The lowest BCUT2D eigenvalue weighted by Crippen LogP contribution is -2.56. The lowest BCUT2D eigenvalue weighted by atomic mass is 9.43. The molecular formula is C40H68O6. The Labute approximate surface area is 280 Å². The molecule has 0 aromatic heterocycles. The van der Waals surface area contributed by atoms with Crippen molar-refractivity contribution in [3.63, 3.8) is 0 Å². The van der Waals surface area contributed by atoms with Crippen LogP contribution in [0.5, 0.6) is 0 Å². The van der Waals surface area contributed by atoms with Crippen molar-refractivity contribution in [3.8, 4) is 0 Å². The van der Waals surface area contributed by atoms with Crippen molar-refractivity contribution in [2.24, 2.45) is 70.0 Å². The number of ether oxygens (including phenoxy) is 2. The third kappa shape index (κ3) is 7.66. The first-order chi connectivity index (χ1) is 21.6. The van der Waals surface area contributed by atoms with Gasteiger partial charge >= 0.3 is 17.9 Å². The number of hydrogen-bond acceptors (Lipinski definition) is 5. The predicted octanol–water partition coefficient (Wildman–Crippen LogP) is 9.73. The molecule has 0 saturated heterocycles. The van der Waals surface area contributed by atoms with Crippen molar-refractivity contribution < 1.29 is 29.0 Å². The van der Waals surface area contributed by atoms with E-state index in [1.807, 2.05) is 6.92 Å². The minimum atomic E-state index is -0.932. The van der Waals surface area contributed by atoms with Crippen LogP contribution in [0.15, 0.2) is 0 Å². The van der Waals surface area contributed by atoms with Crippen LogP contribution in [0.25, 0.3) is 0 Å². The van der Waals surface area contributed by atoms with E-state index in [4.69, 9.17) is 9.47 Å². The van der Waals surface area contributed by atoms with E-state index in [2.05, 4.69) is 41.5 Å².